The molecule has 0 aliphatic heterocycles. The van der Waals surface area contributed by atoms with Gasteiger partial charge in [-0.25, -0.2) is 14.4 Å². The van der Waals surface area contributed by atoms with E-state index >= 15 is 0 Å². The molecule has 4 nitrogen and oxygen atoms in total. The first kappa shape index (κ1) is 23.8. The van der Waals surface area contributed by atoms with Crippen molar-refractivity contribution in [3.8, 4) is 0 Å². The summed E-state index contributed by atoms with van der Waals surface area (Å²) in [6.45, 7) is 0.866. The summed E-state index contributed by atoms with van der Waals surface area (Å²) in [6.07, 6.45) is 1.21. The molecule has 3 radical (unpaired) electrons. The van der Waals surface area contributed by atoms with Crippen molar-refractivity contribution in [3.63, 3.8) is 0 Å². The molecule has 0 rings (SSSR count). The summed E-state index contributed by atoms with van der Waals surface area (Å²) in [7, 11) is 0. The normalized spacial score (nSPS) is 4.71. The Balaban J connectivity index is -0.0000000495. The summed E-state index contributed by atoms with van der Waals surface area (Å²) in [5.41, 5.74) is 5.15. The first-order chi connectivity index (χ1) is 6.66. The second-order valence-corrected chi connectivity index (χ2v) is 3.07. The van der Waals surface area contributed by atoms with E-state index in [0.29, 0.717) is 0 Å². The fraction of sp³-hybridized carbons (Fsp3) is 0.500. The molecule has 0 aromatic heterocycles. The van der Waals surface area contributed by atoms with Gasteiger partial charge in [-0.1, -0.05) is 0 Å². The molecular weight excluding hydrogens is 349 g/mol. The van der Waals surface area contributed by atoms with Crippen LogP contribution in [0.15, 0.2) is 0 Å². The number of hydrogen-bond acceptors (Lipinski definition) is 7. The molecule has 8 heteroatoms. The van der Waals surface area contributed by atoms with Crippen LogP contribution in [0.25, 0.3) is 0 Å². The molecule has 0 atom stereocenters. The van der Waals surface area contributed by atoms with Gasteiger partial charge >= 0.3 is 45.7 Å². The van der Waals surface area contributed by atoms with Crippen LogP contribution in [0.2, 0.25) is 4.44 Å². The number of rotatable bonds is 2. The van der Waals surface area contributed by atoms with Gasteiger partial charge in [-0.05, 0) is 0 Å². The maximum absolute atomic E-state index is 8.50. The number of nitrogens with two attached hydrogens (primary N) is 1. The molecule has 0 spiro atoms. The van der Waals surface area contributed by atoms with Crippen LogP contribution in [0.5, 0.6) is 0 Å². The van der Waals surface area contributed by atoms with E-state index in [1.54, 1.807) is 22.5 Å². The second kappa shape index (κ2) is 51.3. The van der Waals surface area contributed by atoms with Gasteiger partial charge in [0, 0.05) is 36.7 Å². The van der Waals surface area contributed by atoms with Crippen LogP contribution < -0.4 is 5.73 Å². The Labute approximate surface area is 112 Å². The summed E-state index contributed by atoms with van der Waals surface area (Å²) in [5.74, 6) is 0. The van der Waals surface area contributed by atoms with Gasteiger partial charge in [0.05, 0.1) is 0 Å². The molecule has 0 aromatic carbocycles. The first-order valence-electron chi connectivity index (χ1n) is 2.99. The zero-order chi connectivity index (χ0) is 12.2. The monoisotopic (exact) mass is 358 g/mol. The summed E-state index contributed by atoms with van der Waals surface area (Å²) in [6, 6.07) is 0. The third kappa shape index (κ3) is 325. The van der Waals surface area contributed by atoms with E-state index in [4.69, 9.17) is 20.1 Å². The molecule has 77 valence electrons. The minimum atomic E-state index is 0.866. The van der Waals surface area contributed by atoms with Crippen molar-refractivity contribution in [2.24, 2.45) is 5.73 Å². The van der Waals surface area contributed by atoms with Crippen molar-refractivity contribution in [1.82, 2.24) is 0 Å². The van der Waals surface area contributed by atoms with Gasteiger partial charge < -0.3 is 0 Å². The van der Waals surface area contributed by atoms with Crippen LogP contribution in [-0.4, -0.2) is 44.8 Å². The van der Waals surface area contributed by atoms with Crippen LogP contribution >= 0.6 is 36.7 Å². The van der Waals surface area contributed by atoms with Crippen molar-refractivity contribution in [1.29, 1.82) is 0 Å². The number of carbonyl (C=O) groups excluding carboxylic acids is 3. The number of hydrogen-bond donors (Lipinski definition) is 1. The van der Waals surface area contributed by atoms with E-state index in [-0.39, 0.29) is 0 Å². The maximum Gasteiger partial charge on any atom is 0.202 e. The number of thiocarbonyl (C=S) groups is 3. The van der Waals surface area contributed by atoms with Crippen LogP contribution in [0, 0.1) is 0 Å². The molecule has 0 fully saturated rings. The van der Waals surface area contributed by atoms with Gasteiger partial charge in [0.15, 0.2) is 0 Å². The topological polar surface area (TPSA) is 77.2 Å². The van der Waals surface area contributed by atoms with Crippen LogP contribution in [-0.2, 0) is 14.4 Å². The molecule has 0 amide bonds. The molecule has 2 N–H and O–H groups in total. The Bertz CT molecular complexity index is 152. The summed E-state index contributed by atoms with van der Waals surface area (Å²) in [4.78, 5) is 25.5. The Hall–Kier alpha value is 0.159. The molecular formula is C6H8NO3S3Sn. The van der Waals surface area contributed by atoms with Crippen molar-refractivity contribution >= 4 is 74.9 Å². The third-order valence-electron chi connectivity index (χ3n) is 0.381. The SMILES string of the molecule is NCC[CH2][Sn].O=C=S.O=C=S.O=C=S. The molecule has 0 aliphatic rings. The molecule has 0 saturated heterocycles. The molecule has 0 aliphatic carbocycles. The van der Waals surface area contributed by atoms with Crippen molar-refractivity contribution in [3.05, 3.63) is 0 Å². The van der Waals surface area contributed by atoms with E-state index in [2.05, 4.69) is 36.7 Å². The fourth-order valence-corrected chi connectivity index (χ4v) is 0.685. The summed E-state index contributed by atoms with van der Waals surface area (Å²) in [5, 5.41) is 3.25. The van der Waals surface area contributed by atoms with Gasteiger partial charge in [0.25, 0.3) is 0 Å². The Morgan fingerprint density at radius 2 is 1.21 bits per heavy atom. The Kier molecular flexibility index (Phi) is 87.0. The van der Waals surface area contributed by atoms with E-state index in [1.807, 2.05) is 0 Å². The van der Waals surface area contributed by atoms with Gasteiger partial charge in [-0.3, -0.25) is 0 Å². The van der Waals surface area contributed by atoms with E-state index < -0.39 is 0 Å². The Morgan fingerprint density at radius 1 is 1.00 bits per heavy atom. The van der Waals surface area contributed by atoms with Gasteiger partial charge in [0.2, 0.25) is 15.7 Å². The van der Waals surface area contributed by atoms with Crippen molar-refractivity contribution in [2.45, 2.75) is 10.9 Å². The zero-order valence-electron chi connectivity index (χ0n) is 7.15. The molecule has 14 heavy (non-hydrogen) atoms. The van der Waals surface area contributed by atoms with Crippen molar-refractivity contribution < 1.29 is 14.4 Å². The van der Waals surface area contributed by atoms with Gasteiger partial charge in [0.1, 0.15) is 0 Å². The smallest absolute Gasteiger partial charge is 0.202 e. The largest absolute Gasteiger partial charge is 0.220 e. The second-order valence-electron chi connectivity index (χ2n) is 1.14. The fourth-order valence-electron chi connectivity index (χ4n) is 0.102. The molecule has 0 unspecified atom stereocenters. The van der Waals surface area contributed by atoms with E-state index in [0.717, 1.165) is 22.2 Å². The average Bonchev–Trinajstić information content (AvgIpc) is 2.09. The minimum Gasteiger partial charge on any atom is -0.220 e. The predicted molar refractivity (Wildman–Crippen MR) is 64.1 cm³/mol. The predicted octanol–water partition coefficient (Wildman–Crippen LogP) is 0.675. The summed E-state index contributed by atoms with van der Waals surface area (Å²) < 4.78 is 1.31. The van der Waals surface area contributed by atoms with Gasteiger partial charge in [-0.15, -0.1) is 0 Å². The molecule has 0 heterocycles. The van der Waals surface area contributed by atoms with Crippen molar-refractivity contribution in [2.75, 3.05) is 6.54 Å². The molecule has 0 saturated carbocycles. The van der Waals surface area contributed by atoms with E-state index in [1.165, 1.54) is 10.9 Å². The minimum absolute atomic E-state index is 0.866. The van der Waals surface area contributed by atoms with Crippen LogP contribution in [0.3, 0.4) is 0 Å². The summed E-state index contributed by atoms with van der Waals surface area (Å²) >= 11 is 12.4. The maximum atomic E-state index is 8.50. The zero-order valence-corrected chi connectivity index (χ0v) is 12.5. The quantitative estimate of drug-likeness (QED) is 0.575. The third-order valence-corrected chi connectivity index (χ3v) is 1.39. The van der Waals surface area contributed by atoms with E-state index in [9.17, 15) is 0 Å². The standard InChI is InChI=1S/C3H8N.3COS.Sn/c1-2-3-4;3*2-1-3;/h1-4H2;;;;. The average molecular weight is 357 g/mol. The first-order valence-corrected chi connectivity index (χ1v) is 6.23. The van der Waals surface area contributed by atoms with Crippen LogP contribution in [0.1, 0.15) is 6.42 Å². The van der Waals surface area contributed by atoms with Gasteiger partial charge in [-0.2, -0.15) is 0 Å². The molecule has 0 bridgehead atoms. The Morgan fingerprint density at radius 3 is 1.21 bits per heavy atom. The van der Waals surface area contributed by atoms with Crippen LogP contribution in [0.4, 0.5) is 0 Å². The molecule has 0 aromatic rings.